The normalized spacial score (nSPS) is 14.3. The molecule has 0 fully saturated rings. The number of alkyl halides is 3. The Labute approximate surface area is 149 Å². The predicted molar refractivity (Wildman–Crippen MR) is 86.0 cm³/mol. The van der Waals surface area contributed by atoms with Gasteiger partial charge in [0, 0.05) is 12.1 Å². The van der Waals surface area contributed by atoms with Crippen LogP contribution in [-0.4, -0.2) is 34.6 Å². The van der Waals surface area contributed by atoms with Crippen LogP contribution in [-0.2, 0) is 10.9 Å². The van der Waals surface area contributed by atoms with E-state index in [1.165, 1.54) is 0 Å². The van der Waals surface area contributed by atoms with E-state index in [9.17, 15) is 28.2 Å². The monoisotopic (exact) mass is 374 g/mol. The lowest BCUT2D eigenvalue weighted by Gasteiger charge is -2.22. The van der Waals surface area contributed by atoms with Crippen molar-refractivity contribution in [2.75, 3.05) is 6.54 Å². The van der Waals surface area contributed by atoms with E-state index in [1.54, 1.807) is 26.8 Å². The molecule has 0 aliphatic rings. The lowest BCUT2D eigenvalue weighted by Crippen LogP contribution is -2.34. The summed E-state index contributed by atoms with van der Waals surface area (Å²) in [6, 6.07) is 3.98. The van der Waals surface area contributed by atoms with E-state index >= 15 is 0 Å². The molecular weight excluding hydrogens is 353 g/mol. The number of nitrogens with one attached hydrogen (secondary N) is 1. The van der Waals surface area contributed by atoms with Crippen molar-refractivity contribution in [1.29, 1.82) is 5.26 Å². The van der Waals surface area contributed by atoms with Gasteiger partial charge in [-0.3, -0.25) is 0 Å². The number of carbonyl (C=O) groups excluding carboxylic acids is 1. The van der Waals surface area contributed by atoms with Crippen LogP contribution in [0.25, 0.3) is 0 Å². The topological polar surface area (TPSA) is 103 Å². The Bertz CT molecular complexity index is 678. The van der Waals surface area contributed by atoms with E-state index in [0.717, 1.165) is 12.1 Å². The highest BCUT2D eigenvalue weighted by molar-refractivity contribution is 5.67. The summed E-state index contributed by atoms with van der Waals surface area (Å²) in [7, 11) is 0. The van der Waals surface area contributed by atoms with Crippen LogP contribution < -0.4 is 5.32 Å². The zero-order valence-electron chi connectivity index (χ0n) is 14.6. The molecule has 0 bridgehead atoms. The molecule has 0 aliphatic heterocycles. The van der Waals surface area contributed by atoms with Gasteiger partial charge < -0.3 is 20.3 Å². The minimum absolute atomic E-state index is 0.0754. The van der Waals surface area contributed by atoms with Crippen molar-refractivity contribution in [2.45, 2.75) is 51.2 Å². The minimum Gasteiger partial charge on any atom is -0.444 e. The van der Waals surface area contributed by atoms with Gasteiger partial charge in [-0.1, -0.05) is 0 Å². The highest BCUT2D eigenvalue weighted by atomic mass is 19.4. The summed E-state index contributed by atoms with van der Waals surface area (Å²) in [6.45, 7) is 4.93. The van der Waals surface area contributed by atoms with Crippen molar-refractivity contribution in [3.05, 3.63) is 34.9 Å². The fraction of sp³-hybridized carbons (Fsp3) is 0.529. The van der Waals surface area contributed by atoms with Crippen molar-refractivity contribution in [1.82, 2.24) is 5.32 Å². The number of alkyl carbamates (subject to hydrolysis) is 1. The number of nitrogens with zero attached hydrogens (tertiary/aromatic N) is 1. The van der Waals surface area contributed by atoms with E-state index in [-0.39, 0.29) is 24.1 Å². The van der Waals surface area contributed by atoms with Gasteiger partial charge in [0.25, 0.3) is 0 Å². The summed E-state index contributed by atoms with van der Waals surface area (Å²) >= 11 is 0. The molecular formula is C17H21F3N2O4. The number of carbonyl (C=O) groups is 1. The van der Waals surface area contributed by atoms with Gasteiger partial charge in [0.15, 0.2) is 0 Å². The van der Waals surface area contributed by atoms with Crippen molar-refractivity contribution >= 4 is 6.09 Å². The fourth-order valence-corrected chi connectivity index (χ4v) is 2.09. The maximum atomic E-state index is 12.8. The highest BCUT2D eigenvalue weighted by Gasteiger charge is 2.32. The van der Waals surface area contributed by atoms with Crippen LogP contribution in [0.15, 0.2) is 18.2 Å². The number of hydrogen-bond donors (Lipinski definition) is 3. The van der Waals surface area contributed by atoms with E-state index in [0.29, 0.717) is 6.07 Å². The minimum atomic E-state index is -4.65. The van der Waals surface area contributed by atoms with E-state index < -0.39 is 35.6 Å². The molecule has 144 valence electrons. The van der Waals surface area contributed by atoms with Gasteiger partial charge in [-0.05, 0) is 45.4 Å². The standard InChI is InChI=1S/C17H21F3N2O4/c1-16(2,3)26-15(25)22-7-6-13(23)14(24)12-8-11(17(18,19)20)5-4-10(12)9-21/h4-5,8,13-14,23-24H,6-7H2,1-3H3,(H,22,25). The maximum Gasteiger partial charge on any atom is 0.416 e. The third-order valence-corrected chi connectivity index (χ3v) is 3.29. The first-order valence-electron chi connectivity index (χ1n) is 7.79. The number of aliphatic hydroxyl groups is 2. The smallest absolute Gasteiger partial charge is 0.416 e. The number of nitriles is 1. The molecule has 1 amide bonds. The Kier molecular flexibility index (Phi) is 7.00. The van der Waals surface area contributed by atoms with Gasteiger partial charge in [0.2, 0.25) is 0 Å². The Morgan fingerprint density at radius 1 is 1.31 bits per heavy atom. The summed E-state index contributed by atoms with van der Waals surface area (Å²) in [5.41, 5.74) is -2.25. The van der Waals surface area contributed by atoms with Gasteiger partial charge in [0.1, 0.15) is 11.7 Å². The molecule has 9 heteroatoms. The molecule has 3 N–H and O–H groups in total. The summed E-state index contributed by atoms with van der Waals surface area (Å²) < 4.78 is 43.4. The molecule has 0 saturated carbocycles. The Morgan fingerprint density at radius 3 is 2.42 bits per heavy atom. The average Bonchev–Trinajstić information content (AvgIpc) is 2.50. The summed E-state index contributed by atoms with van der Waals surface area (Å²) in [5, 5.41) is 31.5. The van der Waals surface area contributed by atoms with Crippen LogP contribution in [0.3, 0.4) is 0 Å². The van der Waals surface area contributed by atoms with Crippen molar-refractivity contribution in [2.24, 2.45) is 0 Å². The van der Waals surface area contributed by atoms with Crippen LogP contribution in [0.5, 0.6) is 0 Å². The third-order valence-electron chi connectivity index (χ3n) is 3.29. The molecule has 0 radical (unpaired) electrons. The Morgan fingerprint density at radius 2 is 1.92 bits per heavy atom. The quantitative estimate of drug-likeness (QED) is 0.735. The van der Waals surface area contributed by atoms with Gasteiger partial charge in [-0.25, -0.2) is 4.79 Å². The maximum absolute atomic E-state index is 12.8. The predicted octanol–water partition coefficient (Wildman–Crippen LogP) is 2.89. The van der Waals surface area contributed by atoms with Crippen molar-refractivity contribution in [3.63, 3.8) is 0 Å². The second-order valence-electron chi connectivity index (χ2n) is 6.64. The zero-order valence-corrected chi connectivity index (χ0v) is 14.6. The number of benzene rings is 1. The highest BCUT2D eigenvalue weighted by Crippen LogP contribution is 2.33. The summed E-state index contributed by atoms with van der Waals surface area (Å²) in [5.74, 6) is 0. The van der Waals surface area contributed by atoms with E-state index in [2.05, 4.69) is 5.32 Å². The van der Waals surface area contributed by atoms with Crippen LogP contribution in [0, 0.1) is 11.3 Å². The molecule has 1 aromatic rings. The lowest BCUT2D eigenvalue weighted by atomic mass is 9.95. The van der Waals surface area contributed by atoms with E-state index in [1.807, 2.05) is 0 Å². The Balaban J connectivity index is 2.78. The largest absolute Gasteiger partial charge is 0.444 e. The van der Waals surface area contributed by atoms with Crippen LogP contribution in [0.4, 0.5) is 18.0 Å². The molecule has 0 saturated heterocycles. The number of halogens is 3. The molecule has 1 aromatic carbocycles. The summed E-state index contributed by atoms with van der Waals surface area (Å²) in [6.07, 6.45) is -8.73. The first-order chi connectivity index (χ1) is 11.8. The number of hydrogen-bond acceptors (Lipinski definition) is 5. The van der Waals surface area contributed by atoms with Crippen LogP contribution in [0.2, 0.25) is 0 Å². The second-order valence-corrected chi connectivity index (χ2v) is 6.64. The number of rotatable bonds is 5. The van der Waals surface area contributed by atoms with E-state index in [4.69, 9.17) is 10.00 Å². The number of amides is 1. The van der Waals surface area contributed by atoms with Crippen LogP contribution >= 0.6 is 0 Å². The molecule has 2 atom stereocenters. The molecule has 26 heavy (non-hydrogen) atoms. The Hall–Kier alpha value is -2.31. The first-order valence-corrected chi connectivity index (χ1v) is 7.79. The van der Waals surface area contributed by atoms with Gasteiger partial charge in [-0.2, -0.15) is 18.4 Å². The zero-order chi connectivity index (χ0) is 20.1. The van der Waals surface area contributed by atoms with Gasteiger partial charge >= 0.3 is 12.3 Å². The second kappa shape index (κ2) is 8.38. The molecule has 1 rings (SSSR count). The molecule has 0 aliphatic carbocycles. The molecule has 6 nitrogen and oxygen atoms in total. The third kappa shape index (κ3) is 6.54. The number of ether oxygens (including phenoxy) is 1. The molecule has 0 spiro atoms. The molecule has 0 aromatic heterocycles. The van der Waals surface area contributed by atoms with Crippen LogP contribution in [0.1, 0.15) is 50.0 Å². The fourth-order valence-electron chi connectivity index (χ4n) is 2.09. The van der Waals surface area contributed by atoms with Crippen molar-refractivity contribution < 1.29 is 32.9 Å². The molecule has 0 heterocycles. The SMILES string of the molecule is CC(C)(C)OC(=O)NCCC(O)C(O)c1cc(C(F)(F)F)ccc1C#N. The van der Waals surface area contributed by atoms with Crippen molar-refractivity contribution in [3.8, 4) is 6.07 Å². The van der Waals surface area contributed by atoms with Gasteiger partial charge in [-0.15, -0.1) is 0 Å². The lowest BCUT2D eigenvalue weighted by molar-refractivity contribution is -0.137. The average molecular weight is 374 g/mol. The molecule has 2 unspecified atom stereocenters. The summed E-state index contributed by atoms with van der Waals surface area (Å²) in [4.78, 5) is 11.5. The first kappa shape index (κ1) is 21.7. The number of aliphatic hydroxyl groups excluding tert-OH is 2. The van der Waals surface area contributed by atoms with Gasteiger partial charge in [0.05, 0.1) is 23.3 Å².